The van der Waals surface area contributed by atoms with E-state index < -0.39 is 0 Å². The van der Waals surface area contributed by atoms with Gasteiger partial charge in [0, 0.05) is 18.4 Å². The van der Waals surface area contributed by atoms with Gasteiger partial charge in [0.1, 0.15) is 5.82 Å². The lowest BCUT2D eigenvalue weighted by molar-refractivity contribution is 0.285. The topological polar surface area (TPSA) is 67.1 Å². The summed E-state index contributed by atoms with van der Waals surface area (Å²) >= 11 is 6.14. The standard InChI is InChI=1S/C25H32ClN5/c1-5-16(2)23(30-24-17(3)14-19(26)15-28-24)25(11-7-12-25)22-10-9-21-20(29-22)8-6-13-31(21)18(4)27/h9-10,14-15H,4-8,11-13,27H2,1-3H3,(H,28,30). The second-order valence-corrected chi connectivity index (χ2v) is 9.23. The van der Waals surface area contributed by atoms with Gasteiger partial charge in [0.05, 0.1) is 33.3 Å². The summed E-state index contributed by atoms with van der Waals surface area (Å²) in [7, 11) is 0. The van der Waals surface area contributed by atoms with E-state index in [2.05, 4.69) is 47.8 Å². The third-order valence-electron chi connectivity index (χ3n) is 6.80. The molecule has 1 fully saturated rings. The van der Waals surface area contributed by atoms with Crippen LogP contribution in [0.4, 0.5) is 11.5 Å². The number of hydrogen-bond acceptors (Lipinski definition) is 5. The molecule has 0 atom stereocenters. The van der Waals surface area contributed by atoms with Crippen LogP contribution in [0.15, 0.2) is 48.1 Å². The highest BCUT2D eigenvalue weighted by molar-refractivity contribution is 6.30. The number of aryl methyl sites for hydroxylation is 2. The quantitative estimate of drug-likeness (QED) is 0.594. The van der Waals surface area contributed by atoms with Gasteiger partial charge in [0.2, 0.25) is 0 Å². The molecule has 3 N–H and O–H groups in total. The van der Waals surface area contributed by atoms with E-state index in [0.29, 0.717) is 10.8 Å². The van der Waals surface area contributed by atoms with Crippen molar-refractivity contribution in [2.75, 3.05) is 16.8 Å². The van der Waals surface area contributed by atoms with E-state index in [9.17, 15) is 0 Å². The summed E-state index contributed by atoms with van der Waals surface area (Å²) < 4.78 is 0. The Hall–Kier alpha value is -2.53. The Morgan fingerprint density at radius 1 is 1.32 bits per heavy atom. The van der Waals surface area contributed by atoms with Crippen molar-refractivity contribution in [3.63, 3.8) is 0 Å². The molecule has 1 saturated carbocycles. The number of anilines is 2. The van der Waals surface area contributed by atoms with Crippen molar-refractivity contribution < 1.29 is 0 Å². The average molecular weight is 438 g/mol. The van der Waals surface area contributed by atoms with E-state index in [1.807, 2.05) is 13.0 Å². The summed E-state index contributed by atoms with van der Waals surface area (Å²) in [5.74, 6) is 1.45. The second-order valence-electron chi connectivity index (χ2n) is 8.80. The molecule has 2 aliphatic rings. The van der Waals surface area contributed by atoms with Crippen LogP contribution in [0.2, 0.25) is 5.02 Å². The van der Waals surface area contributed by atoms with Gasteiger partial charge < -0.3 is 16.0 Å². The maximum Gasteiger partial charge on any atom is 0.133 e. The molecule has 4 rings (SSSR count). The second kappa shape index (κ2) is 8.54. The van der Waals surface area contributed by atoms with E-state index in [1.54, 1.807) is 6.20 Å². The monoisotopic (exact) mass is 437 g/mol. The molecule has 164 valence electrons. The van der Waals surface area contributed by atoms with Gasteiger partial charge in [-0.15, -0.1) is 0 Å². The van der Waals surface area contributed by atoms with Crippen LogP contribution in [-0.4, -0.2) is 16.5 Å². The first-order valence-corrected chi connectivity index (χ1v) is 11.5. The first kappa shape index (κ1) is 21.7. The molecule has 2 aromatic rings. The lowest BCUT2D eigenvalue weighted by Crippen LogP contribution is -2.41. The fourth-order valence-electron chi connectivity index (χ4n) is 4.78. The number of fused-ring (bicyclic) bond motifs is 1. The average Bonchev–Trinajstić information content (AvgIpc) is 2.72. The normalized spacial score (nSPS) is 18.0. The summed E-state index contributed by atoms with van der Waals surface area (Å²) in [6.07, 6.45) is 8.04. The van der Waals surface area contributed by atoms with E-state index in [1.165, 1.54) is 17.7 Å². The van der Waals surface area contributed by atoms with E-state index in [-0.39, 0.29) is 5.41 Å². The smallest absolute Gasteiger partial charge is 0.133 e. The van der Waals surface area contributed by atoms with Crippen molar-refractivity contribution in [2.45, 2.75) is 64.7 Å². The lowest BCUT2D eigenvalue weighted by atomic mass is 9.63. The number of allylic oxidation sites excluding steroid dienone is 2. The maximum absolute atomic E-state index is 6.14. The van der Waals surface area contributed by atoms with Gasteiger partial charge in [-0.1, -0.05) is 37.1 Å². The molecular weight excluding hydrogens is 406 g/mol. The zero-order valence-corrected chi connectivity index (χ0v) is 19.5. The van der Waals surface area contributed by atoms with Crippen molar-refractivity contribution in [3.05, 3.63) is 70.0 Å². The minimum Gasteiger partial charge on any atom is -0.386 e. The molecule has 2 aromatic heterocycles. The predicted octanol–water partition coefficient (Wildman–Crippen LogP) is 5.84. The van der Waals surface area contributed by atoms with Crippen LogP contribution < -0.4 is 16.0 Å². The van der Waals surface area contributed by atoms with Crippen LogP contribution in [0.5, 0.6) is 0 Å². The first-order chi connectivity index (χ1) is 14.9. The van der Waals surface area contributed by atoms with Crippen LogP contribution in [0.25, 0.3) is 0 Å². The molecule has 31 heavy (non-hydrogen) atoms. The van der Waals surface area contributed by atoms with Crippen LogP contribution in [0.1, 0.15) is 62.9 Å². The maximum atomic E-state index is 6.14. The van der Waals surface area contributed by atoms with E-state index in [4.69, 9.17) is 22.3 Å². The van der Waals surface area contributed by atoms with Crippen molar-refractivity contribution in [3.8, 4) is 0 Å². The minimum atomic E-state index is -0.106. The molecule has 6 heteroatoms. The molecule has 0 bridgehead atoms. The third-order valence-corrected chi connectivity index (χ3v) is 7.01. The van der Waals surface area contributed by atoms with Gasteiger partial charge in [-0.3, -0.25) is 4.98 Å². The molecule has 1 aliphatic heterocycles. The van der Waals surface area contributed by atoms with Crippen molar-refractivity contribution in [2.24, 2.45) is 5.73 Å². The zero-order valence-electron chi connectivity index (χ0n) is 18.8. The predicted molar refractivity (Wildman–Crippen MR) is 129 cm³/mol. The van der Waals surface area contributed by atoms with E-state index >= 15 is 0 Å². The highest BCUT2D eigenvalue weighted by atomic mass is 35.5. The Labute approximate surface area is 190 Å². The zero-order chi connectivity index (χ0) is 22.2. The summed E-state index contributed by atoms with van der Waals surface area (Å²) in [6, 6.07) is 6.32. The summed E-state index contributed by atoms with van der Waals surface area (Å²) in [5, 5.41) is 4.35. The van der Waals surface area contributed by atoms with Gasteiger partial charge in [0.15, 0.2) is 0 Å². The van der Waals surface area contributed by atoms with Crippen LogP contribution in [0.3, 0.4) is 0 Å². The van der Waals surface area contributed by atoms with Gasteiger partial charge in [-0.2, -0.15) is 0 Å². The minimum absolute atomic E-state index is 0.106. The van der Waals surface area contributed by atoms with Crippen molar-refractivity contribution in [1.82, 2.24) is 9.97 Å². The number of nitrogens with zero attached hydrogens (tertiary/aromatic N) is 3. The van der Waals surface area contributed by atoms with Gasteiger partial charge in [0.25, 0.3) is 0 Å². The number of aromatic nitrogens is 2. The SMILES string of the molecule is C=C(N)N1CCCc2nc(C3(C(Nc4ncc(Cl)cc4C)=C(C)CC)CCC3)ccc21. The lowest BCUT2D eigenvalue weighted by Gasteiger charge is -2.45. The number of pyridine rings is 2. The summed E-state index contributed by atoms with van der Waals surface area (Å²) in [6.45, 7) is 11.3. The molecule has 0 saturated heterocycles. The Kier molecular flexibility index (Phi) is 5.98. The highest BCUT2D eigenvalue weighted by Crippen LogP contribution is 2.50. The van der Waals surface area contributed by atoms with Crippen LogP contribution in [-0.2, 0) is 11.8 Å². The third kappa shape index (κ3) is 3.91. The van der Waals surface area contributed by atoms with Crippen molar-refractivity contribution in [1.29, 1.82) is 0 Å². The Morgan fingerprint density at radius 2 is 2.10 bits per heavy atom. The molecule has 5 nitrogen and oxygen atoms in total. The molecular formula is C25H32ClN5. The number of rotatable bonds is 6. The Balaban J connectivity index is 1.76. The van der Waals surface area contributed by atoms with Gasteiger partial charge >= 0.3 is 0 Å². The molecule has 3 heterocycles. The number of halogens is 1. The molecule has 0 aromatic carbocycles. The van der Waals surface area contributed by atoms with Crippen molar-refractivity contribution >= 4 is 23.1 Å². The summed E-state index contributed by atoms with van der Waals surface area (Å²) in [5.41, 5.74) is 12.9. The first-order valence-electron chi connectivity index (χ1n) is 11.2. The molecule has 0 spiro atoms. The fourth-order valence-corrected chi connectivity index (χ4v) is 4.99. The van der Waals surface area contributed by atoms with Gasteiger partial charge in [-0.05, 0) is 69.7 Å². The van der Waals surface area contributed by atoms with Gasteiger partial charge in [-0.25, -0.2) is 4.98 Å². The fraction of sp³-hybridized carbons (Fsp3) is 0.440. The molecule has 0 unspecified atom stereocenters. The largest absolute Gasteiger partial charge is 0.386 e. The van der Waals surface area contributed by atoms with Crippen LogP contribution >= 0.6 is 11.6 Å². The molecule has 1 aliphatic carbocycles. The number of nitrogens with two attached hydrogens (primary N) is 1. The Morgan fingerprint density at radius 3 is 2.71 bits per heavy atom. The van der Waals surface area contributed by atoms with E-state index in [0.717, 1.165) is 67.1 Å². The number of hydrogen-bond donors (Lipinski definition) is 2. The Bertz CT molecular complexity index is 1040. The molecule has 0 radical (unpaired) electrons. The highest BCUT2D eigenvalue weighted by Gasteiger charge is 2.45. The number of nitrogens with one attached hydrogen (secondary N) is 1. The van der Waals surface area contributed by atoms with Crippen LogP contribution in [0, 0.1) is 6.92 Å². The summed E-state index contributed by atoms with van der Waals surface area (Å²) in [4.78, 5) is 11.9. The molecule has 0 amide bonds.